The molecule has 1 saturated heterocycles. The Labute approximate surface area is 115 Å². The van der Waals surface area contributed by atoms with Crippen molar-refractivity contribution in [2.75, 3.05) is 7.05 Å². The summed E-state index contributed by atoms with van der Waals surface area (Å²) < 4.78 is 6.42. The average molecular weight is 255 g/mol. The largest absolute Gasteiger partial charge is 0.353 e. The van der Waals surface area contributed by atoms with Gasteiger partial charge in [0.2, 0.25) is 0 Å². The summed E-state index contributed by atoms with van der Waals surface area (Å²) in [5, 5.41) is 0. The highest BCUT2D eigenvalue weighted by atomic mass is 16.5. The molecular weight excluding hydrogens is 234 g/mol. The van der Waals surface area contributed by atoms with Gasteiger partial charge in [-0.05, 0) is 37.8 Å². The highest BCUT2D eigenvalue weighted by Crippen LogP contribution is 2.58. The van der Waals surface area contributed by atoms with Crippen molar-refractivity contribution in [2.24, 2.45) is 17.8 Å². The van der Waals surface area contributed by atoms with Gasteiger partial charge in [-0.2, -0.15) is 0 Å². The van der Waals surface area contributed by atoms with Gasteiger partial charge in [0.1, 0.15) is 6.23 Å². The third-order valence-electron chi connectivity index (χ3n) is 5.28. The van der Waals surface area contributed by atoms with E-state index in [1.807, 2.05) is 0 Å². The van der Waals surface area contributed by atoms with Crippen LogP contribution in [0.25, 0.3) is 0 Å². The monoisotopic (exact) mass is 255 g/mol. The first kappa shape index (κ1) is 11.7. The van der Waals surface area contributed by atoms with E-state index in [1.165, 1.54) is 12.0 Å². The standard InChI is InChI=1S/C17H21NO/c1-11-16(12-7-4-3-5-8-12)19-17(18(11)2)15-13-9-6-10-14(13)15/h3-9,11,13-17H,10H2,1-2H3/t11-,13+,14+,15-,16-,17-/m1/s1. The zero-order chi connectivity index (χ0) is 13.0. The van der Waals surface area contributed by atoms with Crippen molar-refractivity contribution in [2.45, 2.75) is 31.7 Å². The molecule has 19 heavy (non-hydrogen) atoms. The number of hydrogen-bond donors (Lipinski definition) is 0. The van der Waals surface area contributed by atoms with E-state index in [0.717, 1.165) is 17.8 Å². The van der Waals surface area contributed by atoms with Crippen molar-refractivity contribution in [3.05, 3.63) is 48.0 Å². The summed E-state index contributed by atoms with van der Waals surface area (Å²) in [4.78, 5) is 2.44. The highest BCUT2D eigenvalue weighted by Gasteiger charge is 2.58. The van der Waals surface area contributed by atoms with Crippen LogP contribution in [0, 0.1) is 17.8 Å². The van der Waals surface area contributed by atoms with Gasteiger partial charge in [-0.15, -0.1) is 0 Å². The van der Waals surface area contributed by atoms with Crippen LogP contribution in [-0.4, -0.2) is 24.2 Å². The summed E-state index contributed by atoms with van der Waals surface area (Å²) in [7, 11) is 2.22. The van der Waals surface area contributed by atoms with Crippen LogP contribution in [0.3, 0.4) is 0 Å². The second-order valence-corrected chi connectivity index (χ2v) is 6.25. The van der Waals surface area contributed by atoms with Crippen molar-refractivity contribution < 1.29 is 4.74 Å². The molecule has 1 aromatic carbocycles. The topological polar surface area (TPSA) is 12.5 Å². The number of rotatable bonds is 2. The van der Waals surface area contributed by atoms with E-state index < -0.39 is 0 Å². The SMILES string of the molecule is C[C@@H]1[C@H](c2ccccc2)O[C@H]([C@@H]2[C@H]3C=CC[C@@H]32)N1C. The molecule has 0 aromatic heterocycles. The molecule has 2 aliphatic carbocycles. The highest BCUT2D eigenvalue weighted by molar-refractivity contribution is 5.23. The van der Waals surface area contributed by atoms with Crippen LogP contribution in [0.2, 0.25) is 0 Å². The van der Waals surface area contributed by atoms with Crippen molar-refractivity contribution in [1.29, 1.82) is 0 Å². The summed E-state index contributed by atoms with van der Waals surface area (Å²) in [5.74, 6) is 2.37. The quantitative estimate of drug-likeness (QED) is 0.752. The molecule has 0 unspecified atom stereocenters. The molecule has 0 bridgehead atoms. The number of benzene rings is 1. The van der Waals surface area contributed by atoms with Crippen molar-refractivity contribution in [3.8, 4) is 0 Å². The minimum Gasteiger partial charge on any atom is -0.353 e. The fourth-order valence-electron chi connectivity index (χ4n) is 3.98. The van der Waals surface area contributed by atoms with E-state index in [1.54, 1.807) is 0 Å². The molecule has 100 valence electrons. The van der Waals surface area contributed by atoms with Crippen molar-refractivity contribution in [3.63, 3.8) is 0 Å². The number of likely N-dealkylation sites (N-methyl/N-ethyl adjacent to an activating group) is 1. The molecule has 0 spiro atoms. The zero-order valence-electron chi connectivity index (χ0n) is 11.6. The normalized spacial score (nSPS) is 44.5. The van der Waals surface area contributed by atoms with Crippen LogP contribution in [0.15, 0.2) is 42.5 Å². The first-order valence-electron chi connectivity index (χ1n) is 7.36. The molecule has 1 aromatic rings. The van der Waals surface area contributed by atoms with Crippen LogP contribution in [-0.2, 0) is 4.74 Å². The molecule has 1 saturated carbocycles. The van der Waals surface area contributed by atoms with Gasteiger partial charge in [0, 0.05) is 12.0 Å². The second kappa shape index (κ2) is 4.19. The molecule has 6 atom stereocenters. The Bertz CT molecular complexity index is 497. The minimum atomic E-state index is 0.224. The third kappa shape index (κ3) is 1.70. The number of hydrogen-bond acceptors (Lipinski definition) is 2. The van der Waals surface area contributed by atoms with Gasteiger partial charge < -0.3 is 4.74 Å². The maximum Gasteiger partial charge on any atom is 0.115 e. The Morgan fingerprint density at radius 3 is 2.68 bits per heavy atom. The molecule has 0 amide bonds. The van der Waals surface area contributed by atoms with Crippen LogP contribution in [0.4, 0.5) is 0 Å². The summed E-state index contributed by atoms with van der Waals surface area (Å²) in [5.41, 5.74) is 1.31. The maximum absolute atomic E-state index is 6.42. The van der Waals surface area contributed by atoms with Crippen LogP contribution in [0.5, 0.6) is 0 Å². The van der Waals surface area contributed by atoms with Crippen molar-refractivity contribution in [1.82, 2.24) is 4.90 Å². The van der Waals surface area contributed by atoms with Crippen LogP contribution >= 0.6 is 0 Å². The summed E-state index contributed by atoms with van der Waals surface area (Å²) in [6, 6.07) is 11.1. The lowest BCUT2D eigenvalue weighted by Crippen LogP contribution is -2.34. The Balaban J connectivity index is 1.55. The molecule has 2 heteroatoms. The first-order chi connectivity index (χ1) is 9.27. The van der Waals surface area contributed by atoms with Crippen molar-refractivity contribution >= 4 is 0 Å². The second-order valence-electron chi connectivity index (χ2n) is 6.25. The van der Waals surface area contributed by atoms with E-state index >= 15 is 0 Å². The lowest BCUT2D eigenvalue weighted by Gasteiger charge is -2.22. The van der Waals surface area contributed by atoms with Gasteiger partial charge in [0.15, 0.2) is 0 Å². The summed E-state index contributed by atoms with van der Waals surface area (Å²) >= 11 is 0. The number of nitrogens with zero attached hydrogens (tertiary/aromatic N) is 1. The van der Waals surface area contributed by atoms with E-state index in [-0.39, 0.29) is 6.10 Å². The first-order valence-corrected chi connectivity index (χ1v) is 7.36. The fraction of sp³-hybridized carbons (Fsp3) is 0.529. The van der Waals surface area contributed by atoms with Gasteiger partial charge in [0.05, 0.1) is 6.10 Å². The predicted molar refractivity (Wildman–Crippen MR) is 75.5 cm³/mol. The van der Waals surface area contributed by atoms with Gasteiger partial charge >= 0.3 is 0 Å². The van der Waals surface area contributed by atoms with E-state index in [0.29, 0.717) is 12.3 Å². The Kier molecular flexibility index (Phi) is 2.58. The Morgan fingerprint density at radius 1 is 1.21 bits per heavy atom. The molecule has 0 radical (unpaired) electrons. The van der Waals surface area contributed by atoms with E-state index in [4.69, 9.17) is 4.74 Å². The zero-order valence-corrected chi connectivity index (χ0v) is 11.6. The average Bonchev–Trinajstić information content (AvgIpc) is 2.80. The molecular formula is C17H21NO. The van der Waals surface area contributed by atoms with Gasteiger partial charge in [-0.25, -0.2) is 0 Å². The van der Waals surface area contributed by atoms with Gasteiger partial charge in [-0.3, -0.25) is 4.90 Å². The lowest BCUT2D eigenvalue weighted by atomic mass is 10.0. The molecule has 1 aliphatic heterocycles. The molecule has 1 heterocycles. The lowest BCUT2D eigenvalue weighted by molar-refractivity contribution is -0.0134. The van der Waals surface area contributed by atoms with Gasteiger partial charge in [0.25, 0.3) is 0 Å². The Morgan fingerprint density at radius 2 is 2.00 bits per heavy atom. The summed E-state index contributed by atoms with van der Waals surface area (Å²) in [6.45, 7) is 2.28. The number of ether oxygens (including phenoxy) is 1. The van der Waals surface area contributed by atoms with E-state index in [9.17, 15) is 0 Å². The predicted octanol–water partition coefficient (Wildman–Crippen LogP) is 3.23. The fourth-order valence-corrected chi connectivity index (χ4v) is 3.98. The minimum absolute atomic E-state index is 0.224. The maximum atomic E-state index is 6.42. The van der Waals surface area contributed by atoms with Crippen LogP contribution < -0.4 is 0 Å². The smallest absolute Gasteiger partial charge is 0.115 e. The number of allylic oxidation sites excluding steroid dienone is 2. The molecule has 0 N–H and O–H groups in total. The molecule has 2 fully saturated rings. The number of fused-ring (bicyclic) bond motifs is 1. The molecule has 3 aliphatic rings. The van der Waals surface area contributed by atoms with Gasteiger partial charge in [-0.1, -0.05) is 42.5 Å². The molecule has 4 rings (SSSR count). The van der Waals surface area contributed by atoms with Crippen LogP contribution in [0.1, 0.15) is 25.0 Å². The Hall–Kier alpha value is -1.12. The molecule has 2 nitrogen and oxygen atoms in total. The van der Waals surface area contributed by atoms with E-state index in [2.05, 4.69) is 61.4 Å². The third-order valence-corrected chi connectivity index (χ3v) is 5.28. The summed E-state index contributed by atoms with van der Waals surface area (Å²) in [6.07, 6.45) is 6.51.